The second-order valence-electron chi connectivity index (χ2n) is 8.37. The van der Waals surface area contributed by atoms with Crippen molar-refractivity contribution in [1.29, 1.82) is 0 Å². The molecule has 0 aliphatic rings. The lowest BCUT2D eigenvalue weighted by molar-refractivity contribution is -0.145. The maximum Gasteiger partial charge on any atom is 0.307 e. The Bertz CT molecular complexity index is 410. The van der Waals surface area contributed by atoms with E-state index in [1.165, 1.54) is 0 Å². The summed E-state index contributed by atoms with van der Waals surface area (Å²) in [6, 6.07) is 0. The molecule has 0 aromatic carbocycles. The molecule has 0 amide bonds. The predicted molar refractivity (Wildman–Crippen MR) is 111 cm³/mol. The van der Waals surface area contributed by atoms with Crippen molar-refractivity contribution in [2.45, 2.75) is 65.7 Å². The lowest BCUT2D eigenvalue weighted by atomic mass is 9.91. The molecule has 28 heavy (non-hydrogen) atoms. The molecule has 0 aliphatic heterocycles. The van der Waals surface area contributed by atoms with E-state index < -0.39 is 0 Å². The summed E-state index contributed by atoms with van der Waals surface area (Å²) in [5.41, 5.74) is 5.51. The van der Waals surface area contributed by atoms with Crippen LogP contribution < -0.4 is 5.73 Å². The Labute approximate surface area is 171 Å². The van der Waals surface area contributed by atoms with Gasteiger partial charge in [-0.3, -0.25) is 9.59 Å². The Morgan fingerprint density at radius 2 is 1.39 bits per heavy atom. The highest BCUT2D eigenvalue weighted by molar-refractivity contribution is 5.69. The molecule has 0 saturated carbocycles. The van der Waals surface area contributed by atoms with Gasteiger partial charge in [-0.1, -0.05) is 20.8 Å². The number of rotatable bonds is 17. The van der Waals surface area contributed by atoms with Crippen molar-refractivity contribution < 1.29 is 23.8 Å². The minimum absolute atomic E-state index is 0.111. The van der Waals surface area contributed by atoms with Crippen molar-refractivity contribution in [3.05, 3.63) is 0 Å². The van der Waals surface area contributed by atoms with Crippen LogP contribution in [0.1, 0.15) is 65.7 Å². The number of ether oxygens (including phenoxy) is 3. The molecule has 0 fully saturated rings. The molecule has 0 aliphatic carbocycles. The topological polar surface area (TPSA) is 91.1 Å². The van der Waals surface area contributed by atoms with E-state index in [-0.39, 0.29) is 17.4 Å². The maximum atomic E-state index is 11.7. The van der Waals surface area contributed by atoms with Crippen LogP contribution >= 0.6 is 0 Å². The van der Waals surface area contributed by atoms with E-state index in [0.29, 0.717) is 52.4 Å². The molecular weight excluding hydrogens is 360 g/mol. The number of hydrogen-bond acceptors (Lipinski definition) is 7. The fourth-order valence-corrected chi connectivity index (χ4v) is 2.35. The smallest absolute Gasteiger partial charge is 0.307 e. The largest absolute Gasteiger partial charge is 0.466 e. The second kappa shape index (κ2) is 16.7. The Kier molecular flexibility index (Phi) is 16.0. The Morgan fingerprint density at radius 1 is 0.821 bits per heavy atom. The Morgan fingerprint density at radius 3 is 1.93 bits per heavy atom. The van der Waals surface area contributed by atoms with Crippen LogP contribution in [0.4, 0.5) is 0 Å². The zero-order valence-corrected chi connectivity index (χ0v) is 18.5. The molecular formula is C21H42N2O5. The van der Waals surface area contributed by atoms with E-state index in [4.69, 9.17) is 19.9 Å². The molecule has 7 heteroatoms. The number of likely N-dealkylation sites (N-methyl/N-ethyl adjacent to an activating group) is 1. The summed E-state index contributed by atoms with van der Waals surface area (Å²) < 4.78 is 15.8. The summed E-state index contributed by atoms with van der Waals surface area (Å²) in [6.07, 6.45) is 5.34. The molecule has 166 valence electrons. The summed E-state index contributed by atoms with van der Waals surface area (Å²) in [5, 5.41) is 0. The van der Waals surface area contributed by atoms with Gasteiger partial charge in [0.2, 0.25) is 0 Å². The van der Waals surface area contributed by atoms with Crippen LogP contribution in [0.25, 0.3) is 0 Å². The van der Waals surface area contributed by atoms with Gasteiger partial charge in [0.05, 0.1) is 32.8 Å². The molecule has 0 bridgehead atoms. The lowest BCUT2D eigenvalue weighted by Gasteiger charge is -2.16. The number of unbranched alkanes of at least 4 members (excludes halogenated alkanes) is 3. The number of carbonyl (C=O) groups is 2. The molecule has 0 rings (SSSR count). The molecule has 0 heterocycles. The lowest BCUT2D eigenvalue weighted by Crippen LogP contribution is -2.27. The molecule has 0 aromatic heterocycles. The third kappa shape index (κ3) is 19.6. The van der Waals surface area contributed by atoms with Gasteiger partial charge in [-0.05, 0) is 44.6 Å². The quantitative estimate of drug-likeness (QED) is 0.295. The van der Waals surface area contributed by atoms with Crippen LogP contribution in [0.5, 0.6) is 0 Å². The molecule has 0 saturated heterocycles. The predicted octanol–water partition coefficient (Wildman–Crippen LogP) is 2.76. The van der Waals surface area contributed by atoms with Gasteiger partial charge >= 0.3 is 11.9 Å². The van der Waals surface area contributed by atoms with Crippen molar-refractivity contribution >= 4 is 11.9 Å². The van der Waals surface area contributed by atoms with Crippen LogP contribution in [0.15, 0.2) is 0 Å². The van der Waals surface area contributed by atoms with Crippen molar-refractivity contribution in [2.75, 3.05) is 53.1 Å². The molecule has 0 unspecified atom stereocenters. The zero-order valence-electron chi connectivity index (χ0n) is 18.5. The standard InChI is InChI=1S/C21H42N2O5/c1-21(2,3)11-9-19(24)27-15-7-5-6-8-16-28-20(25)10-13-23(4)14-18-26-17-12-22/h5-18,22H2,1-4H3. The Hall–Kier alpha value is -1.18. The molecule has 2 N–H and O–H groups in total. The van der Waals surface area contributed by atoms with Crippen LogP contribution in [-0.2, 0) is 23.8 Å². The molecule has 0 radical (unpaired) electrons. The van der Waals surface area contributed by atoms with Gasteiger partial charge in [0.15, 0.2) is 0 Å². The number of carbonyl (C=O) groups excluding carboxylic acids is 2. The highest BCUT2D eigenvalue weighted by atomic mass is 16.5. The molecule has 0 spiro atoms. The first-order chi connectivity index (χ1) is 13.2. The summed E-state index contributed by atoms with van der Waals surface area (Å²) in [5.74, 6) is -0.276. The Balaban J connectivity index is 3.43. The summed E-state index contributed by atoms with van der Waals surface area (Å²) in [4.78, 5) is 25.4. The monoisotopic (exact) mass is 402 g/mol. The summed E-state index contributed by atoms with van der Waals surface area (Å²) in [7, 11) is 1.95. The van der Waals surface area contributed by atoms with Gasteiger partial charge in [0.25, 0.3) is 0 Å². The third-order valence-corrected chi connectivity index (χ3v) is 4.22. The van der Waals surface area contributed by atoms with Gasteiger partial charge < -0.3 is 24.8 Å². The number of hydrogen-bond donors (Lipinski definition) is 1. The zero-order chi connectivity index (χ0) is 21.3. The van der Waals surface area contributed by atoms with Crippen molar-refractivity contribution in [1.82, 2.24) is 4.90 Å². The van der Waals surface area contributed by atoms with Gasteiger partial charge in [-0.25, -0.2) is 0 Å². The van der Waals surface area contributed by atoms with Gasteiger partial charge in [-0.2, -0.15) is 0 Å². The highest BCUT2D eigenvalue weighted by Gasteiger charge is 2.13. The highest BCUT2D eigenvalue weighted by Crippen LogP contribution is 2.20. The second-order valence-corrected chi connectivity index (χ2v) is 8.37. The molecule has 0 aromatic rings. The first-order valence-electron chi connectivity index (χ1n) is 10.5. The van der Waals surface area contributed by atoms with E-state index in [1.54, 1.807) is 0 Å². The number of nitrogens with two attached hydrogens (primary N) is 1. The van der Waals surface area contributed by atoms with Crippen LogP contribution in [0.3, 0.4) is 0 Å². The normalized spacial score (nSPS) is 11.6. The van der Waals surface area contributed by atoms with Gasteiger partial charge in [0.1, 0.15) is 0 Å². The van der Waals surface area contributed by atoms with Crippen molar-refractivity contribution in [2.24, 2.45) is 11.1 Å². The van der Waals surface area contributed by atoms with E-state index in [1.807, 2.05) is 11.9 Å². The average Bonchev–Trinajstić information content (AvgIpc) is 2.63. The third-order valence-electron chi connectivity index (χ3n) is 4.22. The van der Waals surface area contributed by atoms with Gasteiger partial charge in [0, 0.05) is 26.1 Å². The average molecular weight is 403 g/mol. The number of esters is 2. The van der Waals surface area contributed by atoms with Crippen molar-refractivity contribution in [3.63, 3.8) is 0 Å². The minimum Gasteiger partial charge on any atom is -0.466 e. The maximum absolute atomic E-state index is 11.7. The number of nitrogens with zero attached hydrogens (tertiary/aromatic N) is 1. The van der Waals surface area contributed by atoms with E-state index >= 15 is 0 Å². The fourth-order valence-electron chi connectivity index (χ4n) is 2.35. The van der Waals surface area contributed by atoms with E-state index in [2.05, 4.69) is 20.8 Å². The molecule has 0 atom stereocenters. The van der Waals surface area contributed by atoms with Crippen LogP contribution in [0.2, 0.25) is 0 Å². The summed E-state index contributed by atoms with van der Waals surface area (Å²) in [6.45, 7) is 10.4. The fraction of sp³-hybridized carbons (Fsp3) is 0.905. The molecule has 7 nitrogen and oxygen atoms in total. The van der Waals surface area contributed by atoms with E-state index in [0.717, 1.165) is 38.6 Å². The van der Waals surface area contributed by atoms with Crippen molar-refractivity contribution in [3.8, 4) is 0 Å². The minimum atomic E-state index is -0.164. The summed E-state index contributed by atoms with van der Waals surface area (Å²) >= 11 is 0. The van der Waals surface area contributed by atoms with Crippen LogP contribution in [0, 0.1) is 5.41 Å². The van der Waals surface area contributed by atoms with E-state index in [9.17, 15) is 9.59 Å². The SMILES string of the molecule is CN(CCOCCN)CCC(=O)OCCCCCCOC(=O)CCC(C)(C)C. The first-order valence-corrected chi connectivity index (χ1v) is 10.5. The van der Waals surface area contributed by atoms with Gasteiger partial charge in [-0.15, -0.1) is 0 Å². The van der Waals surface area contributed by atoms with Crippen LogP contribution in [-0.4, -0.2) is 69.9 Å². The first kappa shape index (κ1) is 26.8.